The Morgan fingerprint density at radius 1 is 0.197 bits per heavy atom. The number of para-hydroxylation sites is 2. The van der Waals surface area contributed by atoms with Crippen LogP contribution in [0.1, 0.15) is 11.1 Å². The fraction of sp³-hybridized carbons (Fsp3) is 0.0270. The van der Waals surface area contributed by atoms with E-state index in [0.29, 0.717) is 0 Å². The van der Waals surface area contributed by atoms with Crippen LogP contribution in [0.4, 0.5) is 34.1 Å². The lowest BCUT2D eigenvalue weighted by Crippen LogP contribution is -2.13. The molecule has 76 heavy (non-hydrogen) atoms. The highest BCUT2D eigenvalue weighted by Crippen LogP contribution is 2.49. The zero-order valence-corrected chi connectivity index (χ0v) is 42.5. The Kier molecular flexibility index (Phi) is 11.0. The molecule has 0 aromatic heterocycles. The minimum atomic E-state index is 1.12. The quantitative estimate of drug-likeness (QED) is 0.133. The molecular weight excluding hydrogens is 917 g/mol. The van der Waals surface area contributed by atoms with Gasteiger partial charge >= 0.3 is 0 Å². The van der Waals surface area contributed by atoms with Crippen LogP contribution in [0, 0.1) is 13.8 Å². The number of fused-ring (bicyclic) bond motifs is 8. The predicted molar refractivity (Wildman–Crippen MR) is 327 cm³/mol. The summed E-state index contributed by atoms with van der Waals surface area (Å²) in [4.78, 5) is 5.01. The number of anilines is 6. The van der Waals surface area contributed by atoms with Gasteiger partial charge in [-0.05, 0) is 162 Å². The van der Waals surface area contributed by atoms with E-state index < -0.39 is 0 Å². The van der Waals surface area contributed by atoms with Gasteiger partial charge in [-0.2, -0.15) is 0 Å². The van der Waals surface area contributed by atoms with E-state index in [1.54, 1.807) is 0 Å². The molecule has 0 aliphatic carbocycles. The molecule has 0 amide bonds. The third kappa shape index (κ3) is 7.74. The topological polar surface area (TPSA) is 6.48 Å². The van der Waals surface area contributed by atoms with E-state index in [-0.39, 0.29) is 0 Å². The van der Waals surface area contributed by atoms with Gasteiger partial charge in [-0.1, -0.05) is 218 Å². The molecule has 2 heteroatoms. The SMILES string of the molecule is Cc1cc(-c2ccc(N(c3ccccc3-c3ccc4ccccc4c3)c3cc4ccccc4c4ccccc34)c(C)c2)ccc1N(c1ccccc1-c1ccc2ccccc2c1)c1cc2ccccc2c2ccccc12. The summed E-state index contributed by atoms with van der Waals surface area (Å²) in [5, 5.41) is 14.7. The van der Waals surface area contributed by atoms with Crippen molar-refractivity contribution in [2.24, 2.45) is 0 Å². The number of benzene rings is 14. The molecule has 0 N–H and O–H groups in total. The highest BCUT2D eigenvalue weighted by molar-refractivity contribution is 6.17. The largest absolute Gasteiger partial charge is 0.309 e. The minimum Gasteiger partial charge on any atom is -0.309 e. The normalized spacial score (nSPS) is 11.6. The second kappa shape index (κ2) is 18.6. The van der Waals surface area contributed by atoms with Gasteiger partial charge < -0.3 is 9.80 Å². The summed E-state index contributed by atoms with van der Waals surface area (Å²) in [6, 6.07) is 103. The lowest BCUT2D eigenvalue weighted by molar-refractivity contribution is 1.26. The first kappa shape index (κ1) is 44.9. The molecule has 0 fully saturated rings. The summed E-state index contributed by atoms with van der Waals surface area (Å²) < 4.78 is 0. The molecule has 14 aromatic carbocycles. The second-order valence-corrected chi connectivity index (χ2v) is 20.2. The van der Waals surface area contributed by atoms with Gasteiger partial charge in [0, 0.05) is 33.3 Å². The molecule has 2 nitrogen and oxygen atoms in total. The second-order valence-electron chi connectivity index (χ2n) is 20.2. The summed E-state index contributed by atoms with van der Waals surface area (Å²) in [5.41, 5.74) is 16.2. The maximum atomic E-state index is 2.51. The average molecular weight is 969 g/mol. The summed E-state index contributed by atoms with van der Waals surface area (Å²) >= 11 is 0. The summed E-state index contributed by atoms with van der Waals surface area (Å²) in [7, 11) is 0. The molecule has 0 saturated heterocycles. The van der Waals surface area contributed by atoms with Crippen molar-refractivity contribution in [2.45, 2.75) is 13.8 Å². The molecule has 0 atom stereocenters. The molecule has 0 aliphatic rings. The fourth-order valence-electron chi connectivity index (χ4n) is 11.9. The zero-order valence-electron chi connectivity index (χ0n) is 42.5. The van der Waals surface area contributed by atoms with Gasteiger partial charge in [0.25, 0.3) is 0 Å². The number of rotatable bonds is 9. The van der Waals surface area contributed by atoms with Crippen LogP contribution in [0.15, 0.2) is 279 Å². The summed E-state index contributed by atoms with van der Waals surface area (Å²) in [6.45, 7) is 4.54. The number of hydrogen-bond acceptors (Lipinski definition) is 2. The van der Waals surface area contributed by atoms with E-state index in [2.05, 4.69) is 303 Å². The van der Waals surface area contributed by atoms with Crippen molar-refractivity contribution in [1.29, 1.82) is 0 Å². The Balaban J connectivity index is 0.929. The highest BCUT2D eigenvalue weighted by Gasteiger charge is 2.25. The van der Waals surface area contributed by atoms with Crippen molar-refractivity contribution < 1.29 is 0 Å². The Morgan fingerprint density at radius 3 is 0.947 bits per heavy atom. The Morgan fingerprint density at radius 2 is 0.526 bits per heavy atom. The standard InChI is InChI=1S/C74H52N2/c1-49-43-55(39-41-69(49)75(73-47-57-23-7-9-25-61(57)65-29-11-13-31-67(65)73)71-33-17-15-27-63(71)59-37-35-51-19-3-5-21-53(51)45-59)56-40-42-70(50(2)44-56)76(74-48-58-24-8-10-26-62(58)66-30-12-14-32-68(66)74)72-34-18-16-28-64(72)60-38-36-52-20-4-6-22-54(52)46-60/h3-48H,1-2H3. The van der Waals surface area contributed by atoms with Gasteiger partial charge in [0.1, 0.15) is 0 Å². The number of nitrogens with zero attached hydrogens (tertiary/aromatic N) is 2. The maximum absolute atomic E-state index is 2.51. The molecular formula is C74H52N2. The van der Waals surface area contributed by atoms with Crippen LogP contribution in [0.3, 0.4) is 0 Å². The zero-order chi connectivity index (χ0) is 50.7. The van der Waals surface area contributed by atoms with Crippen molar-refractivity contribution >= 4 is 98.8 Å². The van der Waals surface area contributed by atoms with Gasteiger partial charge in [0.05, 0.1) is 22.7 Å². The first-order valence-corrected chi connectivity index (χ1v) is 26.3. The lowest BCUT2D eigenvalue weighted by Gasteiger charge is -2.31. The summed E-state index contributed by atoms with van der Waals surface area (Å²) in [5.74, 6) is 0. The van der Waals surface area contributed by atoms with Crippen molar-refractivity contribution in [3.05, 3.63) is 290 Å². The monoisotopic (exact) mass is 968 g/mol. The summed E-state index contributed by atoms with van der Waals surface area (Å²) in [6.07, 6.45) is 0. The minimum absolute atomic E-state index is 1.12. The van der Waals surface area contributed by atoms with E-state index in [9.17, 15) is 0 Å². The van der Waals surface area contributed by atoms with E-state index in [4.69, 9.17) is 0 Å². The molecule has 0 saturated carbocycles. The van der Waals surface area contributed by atoms with E-state index >= 15 is 0 Å². The third-order valence-electron chi connectivity index (χ3n) is 15.6. The fourth-order valence-corrected chi connectivity index (χ4v) is 11.9. The van der Waals surface area contributed by atoms with Gasteiger partial charge in [-0.3, -0.25) is 0 Å². The molecule has 0 aliphatic heterocycles. The third-order valence-corrected chi connectivity index (χ3v) is 15.6. The average Bonchev–Trinajstić information content (AvgIpc) is 3.48. The number of hydrogen-bond donors (Lipinski definition) is 0. The van der Waals surface area contributed by atoms with Crippen LogP contribution in [0.25, 0.3) is 98.0 Å². The van der Waals surface area contributed by atoms with Crippen LogP contribution in [-0.2, 0) is 0 Å². The van der Waals surface area contributed by atoms with Crippen LogP contribution >= 0.6 is 0 Å². The van der Waals surface area contributed by atoms with Crippen LogP contribution in [-0.4, -0.2) is 0 Å². The first-order valence-electron chi connectivity index (χ1n) is 26.3. The van der Waals surface area contributed by atoms with E-state index in [1.807, 2.05) is 0 Å². The van der Waals surface area contributed by atoms with Gasteiger partial charge in [-0.15, -0.1) is 0 Å². The van der Waals surface area contributed by atoms with Crippen molar-refractivity contribution in [3.63, 3.8) is 0 Å². The molecule has 0 unspecified atom stereocenters. The number of aryl methyl sites for hydroxylation is 2. The Hall–Kier alpha value is -9.76. The molecule has 0 heterocycles. The lowest BCUT2D eigenvalue weighted by atomic mass is 9.94. The molecule has 0 bridgehead atoms. The molecule has 14 aromatic rings. The van der Waals surface area contributed by atoms with Crippen molar-refractivity contribution in [3.8, 4) is 33.4 Å². The molecule has 358 valence electrons. The van der Waals surface area contributed by atoms with Crippen molar-refractivity contribution in [2.75, 3.05) is 9.80 Å². The van der Waals surface area contributed by atoms with Gasteiger partial charge in [0.2, 0.25) is 0 Å². The smallest absolute Gasteiger partial charge is 0.0546 e. The van der Waals surface area contributed by atoms with Crippen LogP contribution in [0.2, 0.25) is 0 Å². The predicted octanol–water partition coefficient (Wildman–Crippen LogP) is 21.2. The van der Waals surface area contributed by atoms with Crippen molar-refractivity contribution in [1.82, 2.24) is 0 Å². The Labute approximate surface area is 443 Å². The van der Waals surface area contributed by atoms with Gasteiger partial charge in [0.15, 0.2) is 0 Å². The van der Waals surface area contributed by atoms with E-state index in [0.717, 1.165) is 34.1 Å². The molecule has 0 radical (unpaired) electrons. The highest BCUT2D eigenvalue weighted by atomic mass is 15.2. The Bertz CT molecular complexity index is 4290. The first-order chi connectivity index (χ1) is 37.5. The van der Waals surface area contributed by atoms with Crippen LogP contribution < -0.4 is 9.80 Å². The van der Waals surface area contributed by atoms with Crippen LogP contribution in [0.5, 0.6) is 0 Å². The molecule has 0 spiro atoms. The maximum Gasteiger partial charge on any atom is 0.0546 e. The van der Waals surface area contributed by atoms with E-state index in [1.165, 1.54) is 109 Å². The molecule has 14 rings (SSSR count). The van der Waals surface area contributed by atoms with Gasteiger partial charge in [-0.25, -0.2) is 0 Å².